The number of methoxy groups -OCH3 is 2. The van der Waals surface area contributed by atoms with E-state index in [0.29, 0.717) is 11.5 Å². The highest BCUT2D eigenvalue weighted by atomic mass is 16.5. The van der Waals surface area contributed by atoms with Gasteiger partial charge in [-0.2, -0.15) is 0 Å². The van der Waals surface area contributed by atoms with Crippen molar-refractivity contribution in [3.63, 3.8) is 0 Å². The minimum absolute atomic E-state index is 0.167. The van der Waals surface area contributed by atoms with E-state index < -0.39 is 6.10 Å². The van der Waals surface area contributed by atoms with E-state index >= 15 is 0 Å². The summed E-state index contributed by atoms with van der Waals surface area (Å²) >= 11 is 0. The summed E-state index contributed by atoms with van der Waals surface area (Å²) in [6.45, 7) is 0.167. The van der Waals surface area contributed by atoms with Gasteiger partial charge in [-0.1, -0.05) is 18.2 Å². The molecule has 0 saturated heterocycles. The fraction of sp³-hybridized carbons (Fsp3) is 0.250. The summed E-state index contributed by atoms with van der Waals surface area (Å²) in [4.78, 5) is 0. The highest BCUT2D eigenvalue weighted by molar-refractivity contribution is 5.33. The summed E-state index contributed by atoms with van der Waals surface area (Å²) in [7, 11) is 3.20. The maximum absolute atomic E-state index is 10.1. The maximum Gasteiger partial charge on any atom is 0.123 e. The van der Waals surface area contributed by atoms with Crippen molar-refractivity contribution in [3.05, 3.63) is 54.1 Å². The molecule has 0 heterocycles. The molecule has 0 aromatic heterocycles. The molecule has 20 heavy (non-hydrogen) atoms. The van der Waals surface area contributed by atoms with Crippen molar-refractivity contribution in [3.8, 4) is 17.2 Å². The predicted octanol–water partition coefficient (Wildman–Crippen LogP) is 2.82. The molecular weight excluding hydrogens is 256 g/mol. The fourth-order valence-electron chi connectivity index (χ4n) is 1.81. The van der Waals surface area contributed by atoms with Gasteiger partial charge < -0.3 is 19.3 Å². The van der Waals surface area contributed by atoms with Gasteiger partial charge in [0.1, 0.15) is 30.0 Å². The molecule has 0 aliphatic rings. The molecule has 4 heteroatoms. The zero-order valence-corrected chi connectivity index (χ0v) is 11.6. The first-order valence-electron chi connectivity index (χ1n) is 6.32. The standard InChI is InChI=1S/C16H18O4/c1-18-13-6-3-5-12(9-13)16(17)11-20-15-8-4-7-14(10-15)19-2/h3-10,16-17H,11H2,1-2H3. The minimum atomic E-state index is -0.712. The van der Waals surface area contributed by atoms with Crippen LogP contribution >= 0.6 is 0 Å². The van der Waals surface area contributed by atoms with Crippen molar-refractivity contribution >= 4 is 0 Å². The zero-order chi connectivity index (χ0) is 14.4. The van der Waals surface area contributed by atoms with Crippen molar-refractivity contribution < 1.29 is 19.3 Å². The van der Waals surface area contributed by atoms with Gasteiger partial charge >= 0.3 is 0 Å². The number of hydrogen-bond donors (Lipinski definition) is 1. The topological polar surface area (TPSA) is 47.9 Å². The van der Waals surface area contributed by atoms with Crippen LogP contribution in [-0.2, 0) is 0 Å². The van der Waals surface area contributed by atoms with Crippen LogP contribution in [0.25, 0.3) is 0 Å². The van der Waals surface area contributed by atoms with Crippen LogP contribution in [0.5, 0.6) is 17.2 Å². The summed E-state index contributed by atoms with van der Waals surface area (Å²) in [5, 5.41) is 10.1. The summed E-state index contributed by atoms with van der Waals surface area (Å²) in [6.07, 6.45) is -0.712. The normalized spacial score (nSPS) is 11.8. The van der Waals surface area contributed by atoms with Gasteiger partial charge in [0.05, 0.1) is 14.2 Å². The minimum Gasteiger partial charge on any atom is -0.497 e. The summed E-state index contributed by atoms with van der Waals surface area (Å²) in [5.74, 6) is 2.09. The molecule has 4 nitrogen and oxygen atoms in total. The lowest BCUT2D eigenvalue weighted by atomic mass is 10.1. The van der Waals surface area contributed by atoms with Gasteiger partial charge in [-0.25, -0.2) is 0 Å². The Bertz CT molecular complexity index is 554. The lowest BCUT2D eigenvalue weighted by molar-refractivity contribution is 0.108. The van der Waals surface area contributed by atoms with E-state index in [2.05, 4.69) is 0 Å². The highest BCUT2D eigenvalue weighted by Crippen LogP contribution is 2.22. The molecule has 1 unspecified atom stereocenters. The Morgan fingerprint density at radius 1 is 0.900 bits per heavy atom. The Labute approximate surface area is 118 Å². The molecule has 0 amide bonds. The number of ether oxygens (including phenoxy) is 3. The maximum atomic E-state index is 10.1. The van der Waals surface area contributed by atoms with Crippen molar-refractivity contribution in [1.29, 1.82) is 0 Å². The molecular formula is C16H18O4. The van der Waals surface area contributed by atoms with E-state index in [9.17, 15) is 5.11 Å². The lowest BCUT2D eigenvalue weighted by Crippen LogP contribution is -2.09. The molecule has 2 aromatic rings. The second kappa shape index (κ2) is 6.82. The summed E-state index contributed by atoms with van der Waals surface area (Å²) in [6, 6.07) is 14.6. The third-order valence-corrected chi connectivity index (χ3v) is 2.93. The molecule has 2 aromatic carbocycles. The molecule has 0 fully saturated rings. The molecule has 0 bridgehead atoms. The SMILES string of the molecule is COc1cccc(OCC(O)c2cccc(OC)c2)c1. The molecule has 1 atom stereocenters. The van der Waals surface area contributed by atoms with Gasteiger partial charge in [0.15, 0.2) is 0 Å². The smallest absolute Gasteiger partial charge is 0.123 e. The molecule has 0 radical (unpaired) electrons. The average Bonchev–Trinajstić information content (AvgIpc) is 2.52. The van der Waals surface area contributed by atoms with Gasteiger partial charge in [-0.15, -0.1) is 0 Å². The second-order valence-electron chi connectivity index (χ2n) is 4.28. The monoisotopic (exact) mass is 274 g/mol. The van der Waals surface area contributed by atoms with Crippen LogP contribution in [0.2, 0.25) is 0 Å². The summed E-state index contributed by atoms with van der Waals surface area (Å²) in [5.41, 5.74) is 0.757. The quantitative estimate of drug-likeness (QED) is 0.880. The van der Waals surface area contributed by atoms with Gasteiger partial charge in [0.25, 0.3) is 0 Å². The lowest BCUT2D eigenvalue weighted by Gasteiger charge is -2.14. The first kappa shape index (κ1) is 14.2. The van der Waals surface area contributed by atoms with E-state index in [-0.39, 0.29) is 6.61 Å². The van der Waals surface area contributed by atoms with E-state index in [1.165, 1.54) is 0 Å². The van der Waals surface area contributed by atoms with E-state index in [0.717, 1.165) is 11.3 Å². The molecule has 1 N–H and O–H groups in total. The van der Waals surface area contributed by atoms with Gasteiger partial charge in [-0.3, -0.25) is 0 Å². The average molecular weight is 274 g/mol. The predicted molar refractivity (Wildman–Crippen MR) is 76.4 cm³/mol. The number of aliphatic hydroxyl groups excluding tert-OH is 1. The third kappa shape index (κ3) is 3.65. The van der Waals surface area contributed by atoms with Gasteiger partial charge in [0, 0.05) is 6.07 Å². The molecule has 0 aliphatic heterocycles. The van der Waals surface area contributed by atoms with Crippen LogP contribution in [0.3, 0.4) is 0 Å². The summed E-state index contributed by atoms with van der Waals surface area (Å²) < 4.78 is 15.8. The van der Waals surface area contributed by atoms with E-state index in [1.807, 2.05) is 36.4 Å². The number of aliphatic hydroxyl groups is 1. The first-order chi connectivity index (χ1) is 9.72. The molecule has 0 spiro atoms. The van der Waals surface area contributed by atoms with Crippen LogP contribution in [0.4, 0.5) is 0 Å². The van der Waals surface area contributed by atoms with Crippen molar-refractivity contribution in [2.75, 3.05) is 20.8 Å². The largest absolute Gasteiger partial charge is 0.497 e. The van der Waals surface area contributed by atoms with E-state index in [1.54, 1.807) is 26.4 Å². The number of benzene rings is 2. The third-order valence-electron chi connectivity index (χ3n) is 2.93. The Morgan fingerprint density at radius 2 is 1.50 bits per heavy atom. The zero-order valence-electron chi connectivity index (χ0n) is 11.6. The van der Waals surface area contributed by atoms with Crippen molar-refractivity contribution in [1.82, 2.24) is 0 Å². The molecule has 0 saturated carbocycles. The molecule has 0 aliphatic carbocycles. The Hall–Kier alpha value is -2.20. The van der Waals surface area contributed by atoms with Crippen LogP contribution in [0.15, 0.2) is 48.5 Å². The van der Waals surface area contributed by atoms with Crippen LogP contribution in [-0.4, -0.2) is 25.9 Å². The van der Waals surface area contributed by atoms with Crippen LogP contribution in [0, 0.1) is 0 Å². The fourth-order valence-corrected chi connectivity index (χ4v) is 1.81. The van der Waals surface area contributed by atoms with Crippen molar-refractivity contribution in [2.24, 2.45) is 0 Å². The van der Waals surface area contributed by atoms with Gasteiger partial charge in [-0.05, 0) is 29.8 Å². The van der Waals surface area contributed by atoms with Gasteiger partial charge in [0.2, 0.25) is 0 Å². The Morgan fingerprint density at radius 3 is 2.20 bits per heavy atom. The second-order valence-corrected chi connectivity index (χ2v) is 4.28. The van der Waals surface area contributed by atoms with E-state index in [4.69, 9.17) is 14.2 Å². The highest BCUT2D eigenvalue weighted by Gasteiger charge is 2.09. The van der Waals surface area contributed by atoms with Crippen LogP contribution < -0.4 is 14.2 Å². The molecule has 106 valence electrons. The Balaban J connectivity index is 1.98. The number of hydrogen-bond acceptors (Lipinski definition) is 4. The number of rotatable bonds is 6. The van der Waals surface area contributed by atoms with Crippen molar-refractivity contribution in [2.45, 2.75) is 6.10 Å². The molecule has 2 rings (SSSR count). The Kier molecular flexibility index (Phi) is 4.85. The van der Waals surface area contributed by atoms with Crippen LogP contribution in [0.1, 0.15) is 11.7 Å². The first-order valence-corrected chi connectivity index (χ1v) is 6.32.